The Morgan fingerprint density at radius 2 is 1.65 bits per heavy atom. The van der Waals surface area contributed by atoms with E-state index in [-0.39, 0.29) is 5.56 Å². The third-order valence-electron chi connectivity index (χ3n) is 5.02. The van der Waals surface area contributed by atoms with E-state index in [0.29, 0.717) is 12.5 Å². The van der Waals surface area contributed by atoms with Gasteiger partial charge in [0, 0.05) is 5.56 Å². The summed E-state index contributed by atoms with van der Waals surface area (Å²) in [5.74, 6) is 1.29. The molecule has 0 saturated carbocycles. The Hall–Kier alpha value is -3.86. The van der Waals surface area contributed by atoms with Crippen molar-refractivity contribution in [1.82, 2.24) is 4.98 Å². The van der Waals surface area contributed by atoms with E-state index in [2.05, 4.69) is 4.98 Å². The quantitative estimate of drug-likeness (QED) is 0.357. The number of benzene rings is 3. The number of rotatable bonds is 8. The molecular weight excluding hydrogens is 390 g/mol. The summed E-state index contributed by atoms with van der Waals surface area (Å²) in [7, 11) is 0. The molecule has 0 aliphatic carbocycles. The first-order valence-electron chi connectivity index (χ1n) is 10.2. The number of carboxylic acid groups (broad SMARTS) is 1. The molecule has 5 nitrogen and oxygen atoms in total. The number of ether oxygens (including phenoxy) is 1. The minimum atomic E-state index is -0.937. The highest BCUT2D eigenvalue weighted by Gasteiger charge is 2.11. The van der Waals surface area contributed by atoms with Crippen LogP contribution in [0.3, 0.4) is 0 Å². The highest BCUT2D eigenvalue weighted by Crippen LogP contribution is 2.25. The first-order chi connectivity index (χ1) is 15.1. The van der Waals surface area contributed by atoms with Crippen molar-refractivity contribution in [2.24, 2.45) is 0 Å². The van der Waals surface area contributed by atoms with Gasteiger partial charge in [0.25, 0.3) is 0 Å². The monoisotopic (exact) mass is 413 g/mol. The molecule has 3 aromatic carbocycles. The number of aryl methyl sites for hydroxylation is 2. The summed E-state index contributed by atoms with van der Waals surface area (Å²) in [6, 6.07) is 24.4. The van der Waals surface area contributed by atoms with Crippen LogP contribution in [0.5, 0.6) is 5.75 Å². The lowest BCUT2D eigenvalue weighted by molar-refractivity contribution is 0.0697. The van der Waals surface area contributed by atoms with Gasteiger partial charge >= 0.3 is 5.97 Å². The standard InChI is InChI=1S/C26H23NO4/c1-18-24(27-25(31-18)19-8-3-2-4-9-19)14-7-15-30-23-13-6-11-21(17-23)20-10-5-12-22(16-20)26(28)29/h2-6,8-13,16-17H,7,14-15H2,1H3,(H,28,29). The van der Waals surface area contributed by atoms with Crippen LogP contribution >= 0.6 is 0 Å². The smallest absolute Gasteiger partial charge is 0.335 e. The maximum atomic E-state index is 11.2. The Balaban J connectivity index is 1.36. The molecule has 156 valence electrons. The van der Waals surface area contributed by atoms with Crippen LogP contribution in [-0.4, -0.2) is 22.7 Å². The average molecular weight is 413 g/mol. The fraction of sp³-hybridized carbons (Fsp3) is 0.154. The Kier molecular flexibility index (Phi) is 6.13. The Bertz CT molecular complexity index is 1180. The molecule has 4 rings (SSSR count). The molecule has 0 amide bonds. The van der Waals surface area contributed by atoms with E-state index in [4.69, 9.17) is 9.15 Å². The van der Waals surface area contributed by atoms with E-state index in [9.17, 15) is 9.90 Å². The van der Waals surface area contributed by atoms with Gasteiger partial charge < -0.3 is 14.3 Å². The van der Waals surface area contributed by atoms with Crippen molar-refractivity contribution in [1.29, 1.82) is 0 Å². The van der Waals surface area contributed by atoms with Gasteiger partial charge in [-0.2, -0.15) is 0 Å². The minimum absolute atomic E-state index is 0.265. The number of oxazole rings is 1. The van der Waals surface area contributed by atoms with Crippen LogP contribution in [0.4, 0.5) is 0 Å². The van der Waals surface area contributed by atoms with Gasteiger partial charge in [-0.15, -0.1) is 0 Å². The molecule has 0 aliphatic heterocycles. The van der Waals surface area contributed by atoms with Crippen LogP contribution < -0.4 is 4.74 Å². The van der Waals surface area contributed by atoms with Crippen molar-refractivity contribution < 1.29 is 19.1 Å². The van der Waals surface area contributed by atoms with E-state index in [1.165, 1.54) is 0 Å². The van der Waals surface area contributed by atoms with E-state index in [1.54, 1.807) is 18.2 Å². The minimum Gasteiger partial charge on any atom is -0.494 e. The average Bonchev–Trinajstić information content (AvgIpc) is 3.18. The molecule has 0 saturated heterocycles. The second-order valence-corrected chi connectivity index (χ2v) is 7.25. The van der Waals surface area contributed by atoms with E-state index in [1.807, 2.05) is 67.6 Å². The second kappa shape index (κ2) is 9.30. The maximum absolute atomic E-state index is 11.2. The molecule has 0 aliphatic rings. The first kappa shape index (κ1) is 20.4. The van der Waals surface area contributed by atoms with Crippen LogP contribution in [0.2, 0.25) is 0 Å². The lowest BCUT2D eigenvalue weighted by Gasteiger charge is -2.08. The molecule has 0 radical (unpaired) electrons. The summed E-state index contributed by atoms with van der Waals surface area (Å²) < 4.78 is 11.7. The summed E-state index contributed by atoms with van der Waals surface area (Å²) in [5, 5.41) is 9.20. The molecular formula is C26H23NO4. The predicted octanol–water partition coefficient (Wildman–Crippen LogP) is 6.03. The van der Waals surface area contributed by atoms with Gasteiger partial charge in [0.1, 0.15) is 11.5 Å². The topological polar surface area (TPSA) is 72.6 Å². The van der Waals surface area contributed by atoms with Gasteiger partial charge in [-0.1, -0.05) is 42.5 Å². The summed E-state index contributed by atoms with van der Waals surface area (Å²) in [6.07, 6.45) is 1.57. The van der Waals surface area contributed by atoms with Crippen molar-refractivity contribution in [3.63, 3.8) is 0 Å². The van der Waals surface area contributed by atoms with Gasteiger partial charge in [-0.25, -0.2) is 9.78 Å². The number of hydrogen-bond donors (Lipinski definition) is 1. The molecule has 0 fully saturated rings. The number of aromatic carboxylic acids is 1. The summed E-state index contributed by atoms with van der Waals surface area (Å²) in [6.45, 7) is 2.48. The van der Waals surface area contributed by atoms with Gasteiger partial charge in [0.15, 0.2) is 0 Å². The molecule has 0 atom stereocenters. The van der Waals surface area contributed by atoms with Crippen LogP contribution in [0.1, 0.15) is 28.2 Å². The SMILES string of the molecule is Cc1oc(-c2ccccc2)nc1CCCOc1cccc(-c2cccc(C(=O)O)c2)c1. The summed E-state index contributed by atoms with van der Waals surface area (Å²) >= 11 is 0. The molecule has 5 heteroatoms. The molecule has 0 unspecified atom stereocenters. The van der Waals surface area contributed by atoms with E-state index in [0.717, 1.165) is 46.7 Å². The fourth-order valence-corrected chi connectivity index (χ4v) is 3.39. The molecule has 0 bridgehead atoms. The first-order valence-corrected chi connectivity index (χ1v) is 10.2. The number of aromatic nitrogens is 1. The molecule has 4 aromatic rings. The van der Waals surface area contributed by atoms with Gasteiger partial charge in [0.2, 0.25) is 5.89 Å². The van der Waals surface area contributed by atoms with Gasteiger partial charge in [-0.3, -0.25) is 0 Å². The largest absolute Gasteiger partial charge is 0.494 e. The van der Waals surface area contributed by atoms with Crippen LogP contribution in [0.25, 0.3) is 22.6 Å². The zero-order chi connectivity index (χ0) is 21.6. The van der Waals surface area contributed by atoms with Crippen molar-refractivity contribution in [3.8, 4) is 28.3 Å². The lowest BCUT2D eigenvalue weighted by Crippen LogP contribution is -2.00. The maximum Gasteiger partial charge on any atom is 0.335 e. The van der Waals surface area contributed by atoms with Gasteiger partial charge in [-0.05, 0) is 67.3 Å². The van der Waals surface area contributed by atoms with Crippen molar-refractivity contribution in [3.05, 3.63) is 95.9 Å². The van der Waals surface area contributed by atoms with Crippen LogP contribution in [0, 0.1) is 6.92 Å². The van der Waals surface area contributed by atoms with Crippen LogP contribution in [0.15, 0.2) is 83.3 Å². The van der Waals surface area contributed by atoms with Crippen molar-refractivity contribution in [2.75, 3.05) is 6.61 Å². The second-order valence-electron chi connectivity index (χ2n) is 7.25. The lowest BCUT2D eigenvalue weighted by atomic mass is 10.0. The van der Waals surface area contributed by atoms with Crippen molar-refractivity contribution >= 4 is 5.97 Å². The zero-order valence-electron chi connectivity index (χ0n) is 17.2. The normalized spacial score (nSPS) is 10.7. The summed E-state index contributed by atoms with van der Waals surface area (Å²) in [5.41, 5.74) is 3.94. The number of nitrogens with zero attached hydrogens (tertiary/aromatic N) is 1. The molecule has 1 heterocycles. The van der Waals surface area contributed by atoms with Crippen LogP contribution in [-0.2, 0) is 6.42 Å². The van der Waals surface area contributed by atoms with E-state index < -0.39 is 5.97 Å². The molecule has 1 aromatic heterocycles. The highest BCUT2D eigenvalue weighted by atomic mass is 16.5. The highest BCUT2D eigenvalue weighted by molar-refractivity contribution is 5.89. The Morgan fingerprint density at radius 1 is 0.935 bits per heavy atom. The molecule has 1 N–H and O–H groups in total. The summed E-state index contributed by atoms with van der Waals surface area (Å²) in [4.78, 5) is 15.8. The Labute approximate surface area is 181 Å². The fourth-order valence-electron chi connectivity index (χ4n) is 3.39. The van der Waals surface area contributed by atoms with E-state index >= 15 is 0 Å². The predicted molar refractivity (Wildman–Crippen MR) is 119 cm³/mol. The molecule has 0 spiro atoms. The number of carboxylic acids is 1. The molecule has 31 heavy (non-hydrogen) atoms. The number of carbonyl (C=O) groups is 1. The Morgan fingerprint density at radius 3 is 2.42 bits per heavy atom. The van der Waals surface area contributed by atoms with Crippen molar-refractivity contribution in [2.45, 2.75) is 19.8 Å². The third-order valence-corrected chi connectivity index (χ3v) is 5.02. The third kappa shape index (κ3) is 5.01. The number of hydrogen-bond acceptors (Lipinski definition) is 4. The zero-order valence-corrected chi connectivity index (χ0v) is 17.2. The van der Waals surface area contributed by atoms with Gasteiger partial charge in [0.05, 0.1) is 17.9 Å².